The van der Waals surface area contributed by atoms with Gasteiger partial charge in [-0.25, -0.2) is 4.79 Å². The van der Waals surface area contributed by atoms with Gasteiger partial charge in [-0.2, -0.15) is 0 Å². The molecule has 0 fully saturated rings. The van der Waals surface area contributed by atoms with Crippen LogP contribution in [-0.2, 0) is 5.60 Å². The van der Waals surface area contributed by atoms with Gasteiger partial charge in [-0.3, -0.25) is 0 Å². The first-order valence-corrected chi connectivity index (χ1v) is 7.36. The second kappa shape index (κ2) is 6.93. The molecule has 1 unspecified atom stereocenters. The number of benzene rings is 1. The summed E-state index contributed by atoms with van der Waals surface area (Å²) in [4.78, 5) is 12.0. The molecule has 2 aromatic rings. The first-order chi connectivity index (χ1) is 10.8. The van der Waals surface area contributed by atoms with E-state index in [2.05, 4.69) is 10.6 Å². The molecule has 0 aliphatic rings. The first-order valence-electron chi connectivity index (χ1n) is 6.99. The van der Waals surface area contributed by atoms with Crippen LogP contribution in [0.3, 0.4) is 0 Å². The standard InChI is InChI=1S/C16H19ClN2O4/c1-10-7-12(13(22-3)8-11(10)17)19-15(20)18-9-16(2,21)14-5-4-6-23-14/h4-8,21H,9H2,1-3H3,(H2,18,19,20). The average molecular weight is 339 g/mol. The molecule has 23 heavy (non-hydrogen) atoms. The molecule has 1 heterocycles. The smallest absolute Gasteiger partial charge is 0.319 e. The fourth-order valence-corrected chi connectivity index (χ4v) is 2.17. The third-order valence-electron chi connectivity index (χ3n) is 3.37. The van der Waals surface area contributed by atoms with E-state index in [9.17, 15) is 9.90 Å². The number of rotatable bonds is 5. The van der Waals surface area contributed by atoms with Crippen molar-refractivity contribution in [3.63, 3.8) is 0 Å². The monoisotopic (exact) mass is 338 g/mol. The largest absolute Gasteiger partial charge is 0.495 e. The second-order valence-corrected chi connectivity index (χ2v) is 5.77. The van der Waals surface area contributed by atoms with Crippen LogP contribution in [0.25, 0.3) is 0 Å². The van der Waals surface area contributed by atoms with Gasteiger partial charge in [0, 0.05) is 11.1 Å². The highest BCUT2D eigenvalue weighted by molar-refractivity contribution is 6.31. The lowest BCUT2D eigenvalue weighted by Crippen LogP contribution is -2.40. The van der Waals surface area contributed by atoms with E-state index in [4.69, 9.17) is 20.8 Å². The molecule has 0 saturated heterocycles. The van der Waals surface area contributed by atoms with Gasteiger partial charge in [0.05, 0.1) is 25.6 Å². The van der Waals surface area contributed by atoms with Crippen LogP contribution in [0, 0.1) is 6.92 Å². The van der Waals surface area contributed by atoms with E-state index in [1.807, 2.05) is 6.92 Å². The summed E-state index contributed by atoms with van der Waals surface area (Å²) in [5.41, 5.74) is -0.00390. The summed E-state index contributed by atoms with van der Waals surface area (Å²) in [7, 11) is 1.49. The molecule has 6 nitrogen and oxygen atoms in total. The Morgan fingerprint density at radius 3 is 2.83 bits per heavy atom. The van der Waals surface area contributed by atoms with Crippen molar-refractivity contribution in [1.29, 1.82) is 0 Å². The van der Waals surface area contributed by atoms with Crippen molar-refractivity contribution in [1.82, 2.24) is 5.32 Å². The van der Waals surface area contributed by atoms with Gasteiger partial charge in [0.2, 0.25) is 0 Å². The summed E-state index contributed by atoms with van der Waals surface area (Å²) >= 11 is 6.03. The number of methoxy groups -OCH3 is 1. The minimum absolute atomic E-state index is 0.0127. The van der Waals surface area contributed by atoms with Crippen LogP contribution in [0.4, 0.5) is 10.5 Å². The predicted molar refractivity (Wildman–Crippen MR) is 88.0 cm³/mol. The fraction of sp³-hybridized carbons (Fsp3) is 0.312. The zero-order valence-corrected chi connectivity index (χ0v) is 13.9. The number of aliphatic hydroxyl groups is 1. The summed E-state index contributed by atoms with van der Waals surface area (Å²) < 4.78 is 10.4. The molecule has 2 rings (SSSR count). The Labute approximate surface area is 139 Å². The van der Waals surface area contributed by atoms with Crippen molar-refractivity contribution in [2.45, 2.75) is 19.4 Å². The SMILES string of the molecule is COc1cc(Cl)c(C)cc1NC(=O)NCC(C)(O)c1ccco1. The van der Waals surface area contributed by atoms with E-state index < -0.39 is 11.6 Å². The molecule has 2 amide bonds. The molecule has 1 aromatic carbocycles. The van der Waals surface area contributed by atoms with Gasteiger partial charge in [0.25, 0.3) is 0 Å². The Morgan fingerprint density at radius 2 is 2.22 bits per heavy atom. The minimum atomic E-state index is -1.30. The van der Waals surface area contributed by atoms with E-state index in [-0.39, 0.29) is 6.54 Å². The van der Waals surface area contributed by atoms with Crippen LogP contribution in [0.2, 0.25) is 5.02 Å². The number of furan rings is 1. The Balaban J connectivity index is 2.02. The lowest BCUT2D eigenvalue weighted by atomic mass is 10.0. The number of amides is 2. The maximum atomic E-state index is 12.0. The van der Waals surface area contributed by atoms with Crippen LogP contribution in [-0.4, -0.2) is 24.8 Å². The number of aryl methyl sites for hydroxylation is 1. The lowest BCUT2D eigenvalue weighted by Gasteiger charge is -2.21. The zero-order valence-electron chi connectivity index (χ0n) is 13.1. The number of carbonyl (C=O) groups is 1. The van der Waals surface area contributed by atoms with Gasteiger partial charge in [0.1, 0.15) is 17.1 Å². The van der Waals surface area contributed by atoms with E-state index in [1.54, 1.807) is 31.2 Å². The Kier molecular flexibility index (Phi) is 5.18. The van der Waals surface area contributed by atoms with E-state index in [0.29, 0.717) is 22.2 Å². The highest BCUT2D eigenvalue weighted by Crippen LogP contribution is 2.30. The molecule has 0 aliphatic carbocycles. The maximum absolute atomic E-state index is 12.0. The molecule has 7 heteroatoms. The maximum Gasteiger partial charge on any atom is 0.319 e. The normalized spacial score (nSPS) is 13.3. The Bertz CT molecular complexity index is 684. The first kappa shape index (κ1) is 17.2. The molecule has 0 bridgehead atoms. The number of hydrogen-bond acceptors (Lipinski definition) is 4. The summed E-state index contributed by atoms with van der Waals surface area (Å²) in [5, 5.41) is 16.1. The molecule has 3 N–H and O–H groups in total. The summed E-state index contributed by atoms with van der Waals surface area (Å²) in [5.74, 6) is 0.825. The zero-order chi connectivity index (χ0) is 17.0. The van der Waals surface area contributed by atoms with E-state index in [1.165, 1.54) is 13.4 Å². The lowest BCUT2D eigenvalue weighted by molar-refractivity contribution is 0.0372. The molecule has 1 aromatic heterocycles. The van der Waals surface area contributed by atoms with Crippen LogP contribution in [0.15, 0.2) is 34.9 Å². The second-order valence-electron chi connectivity index (χ2n) is 5.36. The summed E-state index contributed by atoms with van der Waals surface area (Å²) in [6, 6.07) is 6.18. The molecule has 0 aliphatic heterocycles. The van der Waals surface area contributed by atoms with E-state index in [0.717, 1.165) is 5.56 Å². The van der Waals surface area contributed by atoms with Gasteiger partial charge in [-0.15, -0.1) is 0 Å². The number of hydrogen-bond donors (Lipinski definition) is 3. The molecular formula is C16H19ClN2O4. The van der Waals surface area contributed by atoms with Gasteiger partial charge >= 0.3 is 6.03 Å². The molecule has 0 saturated carbocycles. The van der Waals surface area contributed by atoms with Crippen LogP contribution in [0.5, 0.6) is 5.75 Å². The topological polar surface area (TPSA) is 83.7 Å². The van der Waals surface area contributed by atoms with Crippen molar-refractivity contribution < 1.29 is 19.1 Å². The highest BCUT2D eigenvalue weighted by Gasteiger charge is 2.26. The Morgan fingerprint density at radius 1 is 1.48 bits per heavy atom. The van der Waals surface area contributed by atoms with Gasteiger partial charge in [-0.05, 0) is 37.6 Å². The number of nitrogens with one attached hydrogen (secondary N) is 2. The number of anilines is 1. The molecule has 124 valence electrons. The predicted octanol–water partition coefficient (Wildman–Crippen LogP) is 3.28. The van der Waals surface area contributed by atoms with Crippen molar-refractivity contribution in [2.24, 2.45) is 0 Å². The molecular weight excluding hydrogens is 320 g/mol. The third kappa shape index (κ3) is 4.18. The number of halogens is 1. The number of urea groups is 1. The fourth-order valence-electron chi connectivity index (χ4n) is 2.02. The number of carbonyl (C=O) groups excluding carboxylic acids is 1. The van der Waals surface area contributed by atoms with Crippen molar-refractivity contribution >= 4 is 23.3 Å². The molecule has 0 spiro atoms. The van der Waals surface area contributed by atoms with Crippen LogP contribution in [0.1, 0.15) is 18.2 Å². The van der Waals surface area contributed by atoms with Gasteiger partial charge in [0.15, 0.2) is 0 Å². The number of ether oxygens (including phenoxy) is 1. The quantitative estimate of drug-likeness (QED) is 0.781. The van der Waals surface area contributed by atoms with Crippen LogP contribution >= 0.6 is 11.6 Å². The minimum Gasteiger partial charge on any atom is -0.495 e. The van der Waals surface area contributed by atoms with Crippen LogP contribution < -0.4 is 15.4 Å². The average Bonchev–Trinajstić information content (AvgIpc) is 3.04. The Hall–Kier alpha value is -2.18. The van der Waals surface area contributed by atoms with Gasteiger partial charge < -0.3 is 24.9 Å². The van der Waals surface area contributed by atoms with Crippen molar-refractivity contribution in [3.05, 3.63) is 46.9 Å². The summed E-state index contributed by atoms with van der Waals surface area (Å²) in [6.07, 6.45) is 1.46. The van der Waals surface area contributed by atoms with Crippen molar-refractivity contribution in [2.75, 3.05) is 19.0 Å². The van der Waals surface area contributed by atoms with E-state index >= 15 is 0 Å². The highest BCUT2D eigenvalue weighted by atomic mass is 35.5. The summed E-state index contributed by atoms with van der Waals surface area (Å²) in [6.45, 7) is 3.37. The third-order valence-corrected chi connectivity index (χ3v) is 3.78. The molecule has 1 atom stereocenters. The molecule has 0 radical (unpaired) electrons. The van der Waals surface area contributed by atoms with Gasteiger partial charge in [-0.1, -0.05) is 11.6 Å². The van der Waals surface area contributed by atoms with Crippen molar-refractivity contribution in [3.8, 4) is 5.75 Å².